The first-order chi connectivity index (χ1) is 8.60. The quantitative estimate of drug-likeness (QED) is 0.888. The lowest BCUT2D eigenvalue weighted by atomic mass is 10.1. The summed E-state index contributed by atoms with van der Waals surface area (Å²) in [5.41, 5.74) is 9.10. The number of ether oxygens (including phenoxy) is 1. The zero-order valence-electron chi connectivity index (χ0n) is 11.6. The third-order valence-corrected chi connectivity index (χ3v) is 3.34. The minimum Gasteiger partial charge on any atom is -0.473 e. The Bertz CT molecular complexity index is 418. The number of anilines is 1. The molecule has 1 aliphatic heterocycles. The second-order valence-corrected chi connectivity index (χ2v) is 5.09. The number of fused-ring (bicyclic) bond motifs is 1. The molecule has 2 heterocycles. The first kappa shape index (κ1) is 13.1. The molecule has 0 bridgehead atoms. The Morgan fingerprint density at radius 1 is 1.39 bits per heavy atom. The van der Waals surface area contributed by atoms with Crippen LogP contribution < -0.4 is 10.5 Å². The Morgan fingerprint density at radius 2 is 2.11 bits per heavy atom. The van der Waals surface area contributed by atoms with Crippen LogP contribution in [0.5, 0.6) is 5.88 Å². The van der Waals surface area contributed by atoms with Crippen LogP contribution in [-0.2, 0) is 12.8 Å². The smallest absolute Gasteiger partial charge is 0.237 e. The molecule has 2 rings (SSSR count). The van der Waals surface area contributed by atoms with Gasteiger partial charge in [0.1, 0.15) is 0 Å². The maximum absolute atomic E-state index is 6.01. The van der Waals surface area contributed by atoms with Crippen molar-refractivity contribution in [3.05, 3.63) is 17.3 Å². The monoisotopic (exact) mass is 249 g/mol. The fourth-order valence-electron chi connectivity index (χ4n) is 2.31. The molecule has 0 radical (unpaired) electrons. The Morgan fingerprint density at radius 3 is 2.78 bits per heavy atom. The van der Waals surface area contributed by atoms with Crippen LogP contribution in [0.25, 0.3) is 0 Å². The summed E-state index contributed by atoms with van der Waals surface area (Å²) in [5.74, 6) is 0.591. The lowest BCUT2D eigenvalue weighted by molar-refractivity contribution is 0.233. The van der Waals surface area contributed by atoms with Gasteiger partial charge in [0.25, 0.3) is 0 Å². The summed E-state index contributed by atoms with van der Waals surface area (Å²) in [4.78, 5) is 7.05. The van der Waals surface area contributed by atoms with E-state index in [9.17, 15) is 0 Å². The fraction of sp³-hybridized carbons (Fsp3) is 0.643. The van der Waals surface area contributed by atoms with E-state index in [0.29, 0.717) is 11.6 Å². The molecule has 0 atom stereocenters. The molecular formula is C14H23N3O. The van der Waals surface area contributed by atoms with E-state index in [1.165, 1.54) is 5.56 Å². The molecule has 18 heavy (non-hydrogen) atoms. The van der Waals surface area contributed by atoms with Crippen molar-refractivity contribution >= 4 is 5.69 Å². The Hall–Kier alpha value is -1.29. The van der Waals surface area contributed by atoms with Gasteiger partial charge >= 0.3 is 0 Å². The summed E-state index contributed by atoms with van der Waals surface area (Å²) in [7, 11) is 0. The SMILES string of the molecule is CCN1CCc2cc(N)c(OC(C)C)nc2CC1. The van der Waals surface area contributed by atoms with Gasteiger partial charge in [-0.3, -0.25) is 0 Å². The highest BCUT2D eigenvalue weighted by Crippen LogP contribution is 2.25. The molecule has 1 aromatic heterocycles. The van der Waals surface area contributed by atoms with Crippen LogP contribution in [0, 0.1) is 0 Å². The molecular weight excluding hydrogens is 226 g/mol. The summed E-state index contributed by atoms with van der Waals surface area (Å²) < 4.78 is 5.66. The van der Waals surface area contributed by atoms with Crippen LogP contribution in [0.2, 0.25) is 0 Å². The second-order valence-electron chi connectivity index (χ2n) is 5.09. The molecule has 2 N–H and O–H groups in total. The van der Waals surface area contributed by atoms with Gasteiger partial charge in [0.15, 0.2) is 0 Å². The van der Waals surface area contributed by atoms with Crippen LogP contribution in [0.1, 0.15) is 32.0 Å². The van der Waals surface area contributed by atoms with E-state index in [2.05, 4.69) is 16.8 Å². The number of nitrogens with zero attached hydrogens (tertiary/aromatic N) is 2. The maximum atomic E-state index is 6.01. The topological polar surface area (TPSA) is 51.4 Å². The van der Waals surface area contributed by atoms with Crippen LogP contribution in [0.3, 0.4) is 0 Å². The lowest BCUT2D eigenvalue weighted by Gasteiger charge is -2.15. The van der Waals surface area contributed by atoms with E-state index in [1.54, 1.807) is 0 Å². The van der Waals surface area contributed by atoms with Gasteiger partial charge in [-0.15, -0.1) is 0 Å². The molecule has 0 spiro atoms. The third kappa shape index (κ3) is 2.93. The van der Waals surface area contributed by atoms with Gasteiger partial charge in [-0.05, 0) is 38.4 Å². The average molecular weight is 249 g/mol. The highest BCUT2D eigenvalue weighted by molar-refractivity contribution is 5.51. The number of nitrogen functional groups attached to an aromatic ring is 1. The van der Waals surface area contributed by atoms with Gasteiger partial charge in [0.2, 0.25) is 5.88 Å². The predicted octanol–water partition coefficient (Wildman–Crippen LogP) is 1.87. The summed E-state index contributed by atoms with van der Waals surface area (Å²) in [5, 5.41) is 0. The van der Waals surface area contributed by atoms with E-state index < -0.39 is 0 Å². The van der Waals surface area contributed by atoms with Crippen molar-refractivity contribution in [2.75, 3.05) is 25.4 Å². The normalized spacial score (nSPS) is 16.4. The van der Waals surface area contributed by atoms with Crippen molar-refractivity contribution in [3.63, 3.8) is 0 Å². The number of likely N-dealkylation sites (N-methyl/N-ethyl adjacent to an activating group) is 1. The summed E-state index contributed by atoms with van der Waals surface area (Å²) in [6.45, 7) is 9.44. The minimum absolute atomic E-state index is 0.107. The summed E-state index contributed by atoms with van der Waals surface area (Å²) in [6.07, 6.45) is 2.12. The minimum atomic E-state index is 0.107. The average Bonchev–Trinajstić information content (AvgIpc) is 2.51. The summed E-state index contributed by atoms with van der Waals surface area (Å²) in [6, 6.07) is 2.04. The van der Waals surface area contributed by atoms with E-state index in [-0.39, 0.29) is 6.10 Å². The molecule has 1 aromatic rings. The summed E-state index contributed by atoms with van der Waals surface area (Å²) >= 11 is 0. The van der Waals surface area contributed by atoms with E-state index in [0.717, 1.165) is 38.2 Å². The number of hydrogen-bond donors (Lipinski definition) is 1. The molecule has 0 aromatic carbocycles. The molecule has 0 aliphatic carbocycles. The third-order valence-electron chi connectivity index (χ3n) is 3.34. The van der Waals surface area contributed by atoms with E-state index in [4.69, 9.17) is 10.5 Å². The number of nitrogens with two attached hydrogens (primary N) is 1. The fourth-order valence-corrected chi connectivity index (χ4v) is 2.31. The van der Waals surface area contributed by atoms with Crippen LogP contribution in [0.4, 0.5) is 5.69 Å². The lowest BCUT2D eigenvalue weighted by Crippen LogP contribution is -2.25. The highest BCUT2D eigenvalue weighted by Gasteiger charge is 2.17. The highest BCUT2D eigenvalue weighted by atomic mass is 16.5. The van der Waals surface area contributed by atoms with Crippen molar-refractivity contribution in [1.82, 2.24) is 9.88 Å². The molecule has 0 unspecified atom stereocenters. The number of pyridine rings is 1. The van der Waals surface area contributed by atoms with Crippen LogP contribution in [0.15, 0.2) is 6.07 Å². The Balaban J connectivity index is 2.24. The van der Waals surface area contributed by atoms with Crippen molar-refractivity contribution in [2.45, 2.75) is 39.7 Å². The Labute approximate surface area is 109 Å². The Kier molecular flexibility index (Phi) is 4.07. The van der Waals surface area contributed by atoms with Gasteiger partial charge in [-0.25, -0.2) is 4.98 Å². The van der Waals surface area contributed by atoms with E-state index in [1.807, 2.05) is 19.9 Å². The first-order valence-electron chi connectivity index (χ1n) is 6.77. The molecule has 1 aliphatic rings. The molecule has 0 saturated heterocycles. The van der Waals surface area contributed by atoms with Gasteiger partial charge in [-0.1, -0.05) is 6.92 Å². The number of aromatic nitrogens is 1. The van der Waals surface area contributed by atoms with Gasteiger partial charge < -0.3 is 15.4 Å². The standard InChI is InChI=1S/C14H23N3O/c1-4-17-7-5-11-9-12(15)14(18-10(2)3)16-13(11)6-8-17/h9-10H,4-8,15H2,1-3H3. The predicted molar refractivity (Wildman–Crippen MR) is 73.9 cm³/mol. The maximum Gasteiger partial charge on any atom is 0.237 e. The van der Waals surface area contributed by atoms with Crippen molar-refractivity contribution in [3.8, 4) is 5.88 Å². The van der Waals surface area contributed by atoms with Crippen molar-refractivity contribution < 1.29 is 4.74 Å². The molecule has 0 saturated carbocycles. The second kappa shape index (κ2) is 5.57. The molecule has 100 valence electrons. The number of hydrogen-bond acceptors (Lipinski definition) is 4. The zero-order valence-corrected chi connectivity index (χ0v) is 11.6. The molecule has 0 amide bonds. The molecule has 0 fully saturated rings. The van der Waals surface area contributed by atoms with Gasteiger partial charge in [0.05, 0.1) is 11.8 Å². The van der Waals surface area contributed by atoms with Gasteiger partial charge in [0, 0.05) is 25.2 Å². The van der Waals surface area contributed by atoms with Crippen molar-refractivity contribution in [1.29, 1.82) is 0 Å². The molecule has 4 nitrogen and oxygen atoms in total. The van der Waals surface area contributed by atoms with Crippen LogP contribution in [-0.4, -0.2) is 35.6 Å². The van der Waals surface area contributed by atoms with E-state index >= 15 is 0 Å². The van der Waals surface area contributed by atoms with Gasteiger partial charge in [-0.2, -0.15) is 0 Å². The van der Waals surface area contributed by atoms with Crippen molar-refractivity contribution in [2.24, 2.45) is 0 Å². The number of rotatable bonds is 3. The first-order valence-corrected chi connectivity index (χ1v) is 6.77. The van der Waals surface area contributed by atoms with Crippen LogP contribution >= 0.6 is 0 Å². The zero-order chi connectivity index (χ0) is 13.1. The molecule has 4 heteroatoms. The largest absolute Gasteiger partial charge is 0.473 e.